The number of carbonyl (C=O) groups excluding carboxylic acids is 1. The van der Waals surface area contributed by atoms with Crippen molar-refractivity contribution >= 4 is 23.5 Å². The van der Waals surface area contributed by atoms with Gasteiger partial charge in [0.15, 0.2) is 11.6 Å². The minimum Gasteiger partial charge on any atom is -0.490 e. The summed E-state index contributed by atoms with van der Waals surface area (Å²) in [5, 5.41) is 12.1. The van der Waals surface area contributed by atoms with E-state index in [1.807, 2.05) is 0 Å². The lowest BCUT2D eigenvalue weighted by Crippen LogP contribution is -2.32. The lowest BCUT2D eigenvalue weighted by Gasteiger charge is -2.27. The molecule has 0 saturated carbocycles. The van der Waals surface area contributed by atoms with Gasteiger partial charge in [0.25, 0.3) is 5.91 Å². The molecule has 0 aromatic heterocycles. The van der Waals surface area contributed by atoms with Gasteiger partial charge in [0.1, 0.15) is 0 Å². The van der Waals surface area contributed by atoms with Crippen molar-refractivity contribution in [2.75, 3.05) is 6.61 Å². The summed E-state index contributed by atoms with van der Waals surface area (Å²) < 4.78 is 19.4. The lowest BCUT2D eigenvalue weighted by atomic mass is 9.97. The summed E-state index contributed by atoms with van der Waals surface area (Å²) in [5.41, 5.74) is 0.398. The number of nitrogens with one attached hydrogen (secondary N) is 1. The third-order valence-electron chi connectivity index (χ3n) is 3.77. The van der Waals surface area contributed by atoms with Crippen molar-refractivity contribution in [2.24, 2.45) is 0 Å². The Bertz CT molecular complexity index is 824. The summed E-state index contributed by atoms with van der Waals surface area (Å²) in [6.45, 7) is 0.212. The van der Waals surface area contributed by atoms with Gasteiger partial charge in [-0.1, -0.05) is 23.7 Å². The third-order valence-corrected chi connectivity index (χ3v) is 4.10. The van der Waals surface area contributed by atoms with E-state index in [0.29, 0.717) is 22.6 Å². The minimum atomic E-state index is -1.25. The summed E-state index contributed by atoms with van der Waals surface area (Å²) in [7, 11) is 0. The van der Waals surface area contributed by atoms with Gasteiger partial charge < -0.3 is 15.2 Å². The van der Waals surface area contributed by atoms with Gasteiger partial charge >= 0.3 is 5.97 Å². The summed E-state index contributed by atoms with van der Waals surface area (Å²) >= 11 is 6.01. The maximum absolute atomic E-state index is 14.1. The molecule has 0 fully saturated rings. The van der Waals surface area contributed by atoms with Crippen molar-refractivity contribution in [3.8, 4) is 5.75 Å². The fraction of sp³-hybridized carbons (Fsp3) is 0.176. The number of carboxylic acid groups (broad SMARTS) is 1. The molecule has 2 aromatic carbocycles. The number of carboxylic acids is 1. The number of amides is 1. The average molecular weight is 350 g/mol. The molecule has 0 unspecified atom stereocenters. The Morgan fingerprint density at radius 2 is 2.04 bits per heavy atom. The highest BCUT2D eigenvalue weighted by molar-refractivity contribution is 6.33. The molecule has 2 aromatic rings. The van der Waals surface area contributed by atoms with E-state index >= 15 is 0 Å². The molecule has 0 bridgehead atoms. The van der Waals surface area contributed by atoms with Gasteiger partial charge in [-0.3, -0.25) is 4.79 Å². The van der Waals surface area contributed by atoms with Crippen LogP contribution in [-0.4, -0.2) is 23.6 Å². The molecule has 1 aliphatic rings. The topological polar surface area (TPSA) is 75.6 Å². The van der Waals surface area contributed by atoms with Gasteiger partial charge in [0.2, 0.25) is 0 Å². The Hall–Kier alpha value is -2.60. The Morgan fingerprint density at radius 1 is 1.29 bits per heavy atom. The molecular weight excluding hydrogens is 337 g/mol. The number of hydrogen-bond donors (Lipinski definition) is 2. The van der Waals surface area contributed by atoms with Crippen LogP contribution in [0.25, 0.3) is 0 Å². The highest BCUT2D eigenvalue weighted by Gasteiger charge is 2.28. The number of halogens is 2. The molecule has 124 valence electrons. The zero-order valence-electron chi connectivity index (χ0n) is 12.4. The summed E-state index contributed by atoms with van der Waals surface area (Å²) in [5.74, 6) is -2.46. The van der Waals surface area contributed by atoms with E-state index < -0.39 is 23.7 Å². The number of rotatable bonds is 3. The smallest absolute Gasteiger partial charge is 0.335 e. The summed E-state index contributed by atoms with van der Waals surface area (Å²) in [6.07, 6.45) is 0.395. The Balaban J connectivity index is 1.93. The maximum Gasteiger partial charge on any atom is 0.335 e. The molecule has 7 heteroatoms. The number of ether oxygens (including phenoxy) is 1. The van der Waals surface area contributed by atoms with Crippen LogP contribution < -0.4 is 10.1 Å². The molecule has 0 aliphatic carbocycles. The molecule has 2 N–H and O–H groups in total. The molecule has 0 spiro atoms. The maximum atomic E-state index is 14.1. The zero-order valence-corrected chi connectivity index (χ0v) is 13.1. The zero-order chi connectivity index (χ0) is 17.3. The molecule has 1 atom stereocenters. The number of fused-ring (bicyclic) bond motifs is 1. The van der Waals surface area contributed by atoms with Crippen LogP contribution in [0.5, 0.6) is 5.75 Å². The van der Waals surface area contributed by atoms with E-state index in [4.69, 9.17) is 21.4 Å². The normalized spacial score (nSPS) is 16.0. The number of benzene rings is 2. The average Bonchev–Trinajstić information content (AvgIpc) is 2.55. The lowest BCUT2D eigenvalue weighted by molar-refractivity contribution is 0.0695. The van der Waals surface area contributed by atoms with Crippen LogP contribution in [0, 0.1) is 5.82 Å². The van der Waals surface area contributed by atoms with Gasteiger partial charge in [0.05, 0.1) is 28.8 Å². The van der Waals surface area contributed by atoms with E-state index in [9.17, 15) is 14.0 Å². The summed E-state index contributed by atoms with van der Waals surface area (Å²) in [6, 6.07) is 8.21. The predicted octanol–water partition coefficient (Wildman–Crippen LogP) is 3.43. The van der Waals surface area contributed by atoms with Crippen LogP contribution in [0.4, 0.5) is 4.39 Å². The van der Waals surface area contributed by atoms with Crippen molar-refractivity contribution in [1.82, 2.24) is 5.32 Å². The first-order valence-corrected chi connectivity index (χ1v) is 7.60. The number of carbonyl (C=O) groups is 2. The van der Waals surface area contributed by atoms with E-state index in [2.05, 4.69) is 5.32 Å². The predicted molar refractivity (Wildman–Crippen MR) is 85.1 cm³/mol. The number of aromatic carboxylic acids is 1. The first-order chi connectivity index (χ1) is 11.5. The van der Waals surface area contributed by atoms with E-state index in [-0.39, 0.29) is 17.9 Å². The highest BCUT2D eigenvalue weighted by atomic mass is 35.5. The Morgan fingerprint density at radius 3 is 2.75 bits per heavy atom. The van der Waals surface area contributed by atoms with E-state index in [1.54, 1.807) is 24.3 Å². The fourth-order valence-corrected chi connectivity index (χ4v) is 2.84. The van der Waals surface area contributed by atoms with Gasteiger partial charge in [-0.15, -0.1) is 0 Å². The fourth-order valence-electron chi connectivity index (χ4n) is 2.61. The molecule has 0 radical (unpaired) electrons. The van der Waals surface area contributed by atoms with Crippen LogP contribution in [0.2, 0.25) is 5.02 Å². The van der Waals surface area contributed by atoms with E-state index in [1.165, 1.54) is 6.07 Å². The van der Waals surface area contributed by atoms with Crippen LogP contribution in [0.15, 0.2) is 36.4 Å². The molecule has 3 rings (SSSR count). The summed E-state index contributed by atoms with van der Waals surface area (Å²) in [4.78, 5) is 23.5. The quantitative estimate of drug-likeness (QED) is 0.890. The molecule has 5 nitrogen and oxygen atoms in total. The second-order valence-corrected chi connectivity index (χ2v) is 5.73. The van der Waals surface area contributed by atoms with Crippen molar-refractivity contribution in [3.63, 3.8) is 0 Å². The molecule has 1 amide bonds. The van der Waals surface area contributed by atoms with Crippen molar-refractivity contribution < 1.29 is 23.8 Å². The van der Waals surface area contributed by atoms with Crippen LogP contribution in [-0.2, 0) is 0 Å². The van der Waals surface area contributed by atoms with Crippen LogP contribution in [0.3, 0.4) is 0 Å². The molecule has 0 saturated heterocycles. The minimum absolute atomic E-state index is 0.0318. The van der Waals surface area contributed by atoms with Crippen molar-refractivity contribution in [1.29, 1.82) is 0 Å². The van der Waals surface area contributed by atoms with Gasteiger partial charge in [0, 0.05) is 12.0 Å². The first kappa shape index (κ1) is 16.3. The second-order valence-electron chi connectivity index (χ2n) is 5.32. The van der Waals surface area contributed by atoms with Gasteiger partial charge in [-0.2, -0.15) is 0 Å². The molecule has 1 heterocycles. The van der Waals surface area contributed by atoms with Crippen LogP contribution >= 0.6 is 11.6 Å². The molecule has 24 heavy (non-hydrogen) atoms. The SMILES string of the molecule is O=C(O)c1cc(F)c2c(c1)[C@H](NC(=O)c1ccccc1Cl)CCO2. The highest BCUT2D eigenvalue weighted by Crippen LogP contribution is 2.35. The largest absolute Gasteiger partial charge is 0.490 e. The molecule has 1 aliphatic heterocycles. The Kier molecular flexibility index (Phi) is 4.40. The Labute approximate surface area is 142 Å². The monoisotopic (exact) mass is 349 g/mol. The van der Waals surface area contributed by atoms with E-state index in [0.717, 1.165) is 6.07 Å². The second kappa shape index (κ2) is 6.49. The van der Waals surface area contributed by atoms with Crippen LogP contribution in [0.1, 0.15) is 38.7 Å². The standard InChI is InChI=1S/C17H13ClFNO4/c18-12-4-2-1-3-10(12)16(21)20-14-5-6-24-15-11(14)7-9(17(22)23)8-13(15)19/h1-4,7-8,14H,5-6H2,(H,20,21)(H,22,23)/t14-/m1/s1. The van der Waals surface area contributed by atoms with Gasteiger partial charge in [-0.05, 0) is 24.3 Å². The third kappa shape index (κ3) is 3.05. The van der Waals surface area contributed by atoms with Crippen molar-refractivity contribution in [2.45, 2.75) is 12.5 Å². The van der Waals surface area contributed by atoms with Crippen molar-refractivity contribution in [3.05, 3.63) is 63.9 Å². The number of hydrogen-bond acceptors (Lipinski definition) is 3. The first-order valence-electron chi connectivity index (χ1n) is 7.22. The molecular formula is C17H13ClFNO4. The van der Waals surface area contributed by atoms with Gasteiger partial charge in [-0.25, -0.2) is 9.18 Å².